The number of aromatic nitrogens is 2. The van der Waals surface area contributed by atoms with Crippen LogP contribution in [0.5, 0.6) is 11.5 Å². The number of carbonyl (C=O) groups excluding carboxylic acids is 1. The molecule has 0 aliphatic heterocycles. The highest BCUT2D eigenvalue weighted by atomic mass is 35.5. The summed E-state index contributed by atoms with van der Waals surface area (Å²) < 4.78 is 40.8. The molecule has 3 aromatic rings. The van der Waals surface area contributed by atoms with E-state index >= 15 is 4.39 Å². The first-order chi connectivity index (χ1) is 18.5. The molecule has 0 aliphatic carbocycles. The van der Waals surface area contributed by atoms with E-state index in [9.17, 15) is 9.18 Å². The Balaban J connectivity index is 1.71. The molecule has 1 aromatic heterocycles. The lowest BCUT2D eigenvalue weighted by Gasteiger charge is -2.29. The van der Waals surface area contributed by atoms with Crippen molar-refractivity contribution in [2.45, 2.75) is 34.3 Å². The van der Waals surface area contributed by atoms with Crippen LogP contribution in [0, 0.1) is 23.5 Å². The zero-order chi connectivity index (χ0) is 28.7. The number of hydrogen-bond acceptors (Lipinski definition) is 7. The van der Waals surface area contributed by atoms with Crippen LogP contribution in [-0.4, -0.2) is 43.1 Å². The van der Waals surface area contributed by atoms with Gasteiger partial charge in [-0.2, -0.15) is 0 Å². The zero-order valence-electron chi connectivity index (χ0n) is 22.9. The molecular weight excluding hydrogens is 528 g/mol. The predicted octanol–water partition coefficient (Wildman–Crippen LogP) is 6.22. The standard InChI is InChI=1S/C28H34ClF2N5O3/c1-16(2)13-36(14-17(3)4)23-8-7-18(9-22(23)30)35-28-33-11-19(12-34-28)39-15-21-25(29)24(38-6)10-20(26(21)31)27(37)32-5/h7-12,16-17H,13-15H2,1-6H3,(H,32,37)(H,33,34,35). The average molecular weight is 562 g/mol. The van der Waals surface area contributed by atoms with Gasteiger partial charge in [0.2, 0.25) is 5.95 Å². The zero-order valence-corrected chi connectivity index (χ0v) is 23.7. The summed E-state index contributed by atoms with van der Waals surface area (Å²) in [6, 6.07) is 6.16. The van der Waals surface area contributed by atoms with Gasteiger partial charge in [-0.05, 0) is 36.1 Å². The monoisotopic (exact) mass is 561 g/mol. The maximum absolute atomic E-state index is 15.0. The van der Waals surface area contributed by atoms with Crippen molar-refractivity contribution < 1.29 is 23.0 Å². The second-order valence-electron chi connectivity index (χ2n) is 9.83. The number of carbonyl (C=O) groups is 1. The molecule has 0 saturated heterocycles. The van der Waals surface area contributed by atoms with Gasteiger partial charge in [0.15, 0.2) is 5.75 Å². The first-order valence-electron chi connectivity index (χ1n) is 12.6. The number of ether oxygens (including phenoxy) is 2. The van der Waals surface area contributed by atoms with Crippen molar-refractivity contribution >= 4 is 34.8 Å². The van der Waals surface area contributed by atoms with Crippen LogP contribution in [0.1, 0.15) is 43.6 Å². The van der Waals surface area contributed by atoms with E-state index < -0.39 is 11.7 Å². The van der Waals surface area contributed by atoms with Crippen LogP contribution in [0.25, 0.3) is 0 Å². The molecule has 1 amide bonds. The number of anilines is 3. The van der Waals surface area contributed by atoms with Crippen LogP contribution in [0.4, 0.5) is 26.1 Å². The summed E-state index contributed by atoms with van der Waals surface area (Å²) >= 11 is 6.26. The highest BCUT2D eigenvalue weighted by Crippen LogP contribution is 2.33. The Hall–Kier alpha value is -3.66. The van der Waals surface area contributed by atoms with Crippen LogP contribution in [0.2, 0.25) is 5.02 Å². The lowest BCUT2D eigenvalue weighted by atomic mass is 10.1. The molecule has 0 unspecified atom stereocenters. The third kappa shape index (κ3) is 7.69. The molecule has 3 rings (SSSR count). The molecule has 0 atom stereocenters. The van der Waals surface area contributed by atoms with E-state index in [1.807, 2.05) is 0 Å². The summed E-state index contributed by atoms with van der Waals surface area (Å²) in [7, 11) is 2.76. The topological polar surface area (TPSA) is 88.6 Å². The normalized spacial score (nSPS) is 11.1. The summed E-state index contributed by atoms with van der Waals surface area (Å²) in [4.78, 5) is 22.5. The van der Waals surface area contributed by atoms with Crippen LogP contribution in [0.3, 0.4) is 0 Å². The summed E-state index contributed by atoms with van der Waals surface area (Å²) in [5.74, 6) is -0.392. The van der Waals surface area contributed by atoms with Gasteiger partial charge in [-0.15, -0.1) is 0 Å². The van der Waals surface area contributed by atoms with E-state index in [2.05, 4.69) is 53.2 Å². The van der Waals surface area contributed by atoms with Crippen molar-refractivity contribution in [1.29, 1.82) is 0 Å². The van der Waals surface area contributed by atoms with E-state index in [4.69, 9.17) is 21.1 Å². The molecule has 2 N–H and O–H groups in total. The molecule has 0 radical (unpaired) electrons. The number of hydrogen-bond donors (Lipinski definition) is 2. The summed E-state index contributed by atoms with van der Waals surface area (Å²) in [6.45, 7) is 9.64. The van der Waals surface area contributed by atoms with Gasteiger partial charge in [-0.1, -0.05) is 39.3 Å². The molecular formula is C28H34ClF2N5O3. The fraction of sp³-hybridized carbons (Fsp3) is 0.393. The van der Waals surface area contributed by atoms with Gasteiger partial charge in [-0.3, -0.25) is 4.79 Å². The first kappa shape index (κ1) is 29.9. The van der Waals surface area contributed by atoms with E-state index in [0.29, 0.717) is 23.2 Å². The van der Waals surface area contributed by atoms with E-state index in [0.717, 1.165) is 13.1 Å². The number of benzene rings is 2. The van der Waals surface area contributed by atoms with Crippen LogP contribution in [-0.2, 0) is 6.61 Å². The largest absolute Gasteiger partial charge is 0.495 e. The number of methoxy groups -OCH3 is 1. The van der Waals surface area contributed by atoms with Crippen molar-refractivity contribution in [3.63, 3.8) is 0 Å². The fourth-order valence-electron chi connectivity index (χ4n) is 3.97. The molecule has 0 fully saturated rings. The second kappa shape index (κ2) is 13.4. The quantitative estimate of drug-likeness (QED) is 0.271. The highest BCUT2D eigenvalue weighted by molar-refractivity contribution is 6.33. The number of nitrogens with zero attached hydrogens (tertiary/aromatic N) is 3. The van der Waals surface area contributed by atoms with Crippen molar-refractivity contribution in [1.82, 2.24) is 15.3 Å². The molecule has 0 aliphatic rings. The minimum Gasteiger partial charge on any atom is -0.495 e. The molecule has 0 spiro atoms. The lowest BCUT2D eigenvalue weighted by Crippen LogP contribution is -2.32. The molecule has 0 saturated carbocycles. The van der Waals surface area contributed by atoms with E-state index in [1.165, 1.54) is 38.7 Å². The Labute approximate surface area is 232 Å². The van der Waals surface area contributed by atoms with E-state index in [1.54, 1.807) is 12.1 Å². The Kier molecular flexibility index (Phi) is 10.3. The van der Waals surface area contributed by atoms with Gasteiger partial charge in [0.25, 0.3) is 5.91 Å². The summed E-state index contributed by atoms with van der Waals surface area (Å²) in [5, 5.41) is 5.34. The van der Waals surface area contributed by atoms with E-state index in [-0.39, 0.29) is 46.0 Å². The molecule has 0 bridgehead atoms. The Morgan fingerprint density at radius 1 is 1.08 bits per heavy atom. The van der Waals surface area contributed by atoms with Crippen molar-refractivity contribution in [2.24, 2.45) is 11.8 Å². The van der Waals surface area contributed by atoms with Gasteiger partial charge in [0.1, 0.15) is 24.0 Å². The lowest BCUT2D eigenvalue weighted by molar-refractivity contribution is 0.0958. The molecule has 1 heterocycles. The number of nitrogens with one attached hydrogen (secondary N) is 2. The number of amides is 1. The van der Waals surface area contributed by atoms with Gasteiger partial charge in [0, 0.05) is 31.4 Å². The first-order valence-corrected chi connectivity index (χ1v) is 12.9. The molecule has 39 heavy (non-hydrogen) atoms. The highest BCUT2D eigenvalue weighted by Gasteiger charge is 2.22. The number of rotatable bonds is 12. The van der Waals surface area contributed by atoms with Gasteiger partial charge >= 0.3 is 0 Å². The third-order valence-electron chi connectivity index (χ3n) is 5.68. The Morgan fingerprint density at radius 2 is 1.72 bits per heavy atom. The SMILES string of the molecule is CNC(=O)c1cc(OC)c(Cl)c(COc2cnc(Nc3ccc(N(CC(C)C)CC(C)C)c(F)c3)nc2)c1F. The molecule has 210 valence electrons. The third-order valence-corrected chi connectivity index (χ3v) is 6.09. The average Bonchev–Trinajstić information content (AvgIpc) is 2.88. The van der Waals surface area contributed by atoms with Crippen LogP contribution >= 0.6 is 11.6 Å². The summed E-state index contributed by atoms with van der Waals surface area (Å²) in [6.07, 6.45) is 2.78. The fourth-order valence-corrected chi connectivity index (χ4v) is 4.24. The maximum Gasteiger partial charge on any atom is 0.254 e. The smallest absolute Gasteiger partial charge is 0.254 e. The summed E-state index contributed by atoms with van der Waals surface area (Å²) in [5.41, 5.74) is 0.779. The van der Waals surface area contributed by atoms with Crippen molar-refractivity contribution in [3.05, 3.63) is 64.4 Å². The Morgan fingerprint density at radius 3 is 2.26 bits per heavy atom. The molecule has 8 nitrogen and oxygen atoms in total. The Bertz CT molecular complexity index is 1280. The minimum absolute atomic E-state index is 0.00677. The molecule has 11 heteroatoms. The predicted molar refractivity (Wildman–Crippen MR) is 149 cm³/mol. The second-order valence-corrected chi connectivity index (χ2v) is 10.2. The van der Waals surface area contributed by atoms with Gasteiger partial charge in [0.05, 0.1) is 35.8 Å². The van der Waals surface area contributed by atoms with Crippen molar-refractivity contribution in [3.8, 4) is 11.5 Å². The van der Waals surface area contributed by atoms with Gasteiger partial charge < -0.3 is 25.0 Å². The molecule has 2 aromatic carbocycles. The van der Waals surface area contributed by atoms with Crippen LogP contribution in [0.15, 0.2) is 36.7 Å². The number of halogens is 3. The van der Waals surface area contributed by atoms with Crippen LogP contribution < -0.4 is 25.0 Å². The minimum atomic E-state index is -0.815. The van der Waals surface area contributed by atoms with Gasteiger partial charge in [-0.25, -0.2) is 18.7 Å². The van der Waals surface area contributed by atoms with Crippen molar-refractivity contribution in [2.75, 3.05) is 37.5 Å². The maximum atomic E-state index is 15.0.